The van der Waals surface area contributed by atoms with E-state index in [0.717, 1.165) is 18.8 Å². The molecule has 0 saturated heterocycles. The highest BCUT2D eigenvalue weighted by Crippen LogP contribution is 2.28. The molecule has 1 rings (SSSR count). The first kappa shape index (κ1) is 11.5. The van der Waals surface area contributed by atoms with Gasteiger partial charge < -0.3 is 10.5 Å². The SMILES string of the molecule is COC(=O)CCC(N)CC1CCCC1. The molecule has 1 aliphatic rings. The highest BCUT2D eigenvalue weighted by Gasteiger charge is 2.18. The van der Waals surface area contributed by atoms with Crippen LogP contribution in [0.4, 0.5) is 0 Å². The smallest absolute Gasteiger partial charge is 0.305 e. The molecule has 0 radical (unpaired) electrons. The lowest BCUT2D eigenvalue weighted by atomic mass is 9.96. The number of hydrogen-bond donors (Lipinski definition) is 1. The normalized spacial score (nSPS) is 19.6. The second-order valence-electron chi connectivity index (χ2n) is 4.26. The Balaban J connectivity index is 2.08. The van der Waals surface area contributed by atoms with Crippen LogP contribution in [0.25, 0.3) is 0 Å². The maximum Gasteiger partial charge on any atom is 0.305 e. The van der Waals surface area contributed by atoms with Crippen molar-refractivity contribution in [2.75, 3.05) is 7.11 Å². The monoisotopic (exact) mass is 199 g/mol. The van der Waals surface area contributed by atoms with E-state index in [1.54, 1.807) is 0 Å². The molecule has 14 heavy (non-hydrogen) atoms. The van der Waals surface area contributed by atoms with Crippen molar-refractivity contribution in [3.63, 3.8) is 0 Å². The Morgan fingerprint density at radius 2 is 2.14 bits per heavy atom. The van der Waals surface area contributed by atoms with Crippen molar-refractivity contribution in [3.05, 3.63) is 0 Å². The summed E-state index contributed by atoms with van der Waals surface area (Å²) in [6, 6.07) is 0.178. The molecular formula is C11H21NO2. The third-order valence-corrected chi connectivity index (χ3v) is 3.06. The van der Waals surface area contributed by atoms with Crippen molar-refractivity contribution in [3.8, 4) is 0 Å². The van der Waals surface area contributed by atoms with Crippen LogP contribution in [0.15, 0.2) is 0 Å². The maximum absolute atomic E-state index is 10.9. The van der Waals surface area contributed by atoms with Crippen molar-refractivity contribution < 1.29 is 9.53 Å². The fourth-order valence-electron chi connectivity index (χ4n) is 2.20. The van der Waals surface area contributed by atoms with Gasteiger partial charge in [-0.3, -0.25) is 4.79 Å². The highest BCUT2D eigenvalue weighted by molar-refractivity contribution is 5.69. The Morgan fingerprint density at radius 3 is 2.71 bits per heavy atom. The fourth-order valence-corrected chi connectivity index (χ4v) is 2.20. The highest BCUT2D eigenvalue weighted by atomic mass is 16.5. The summed E-state index contributed by atoms with van der Waals surface area (Å²) in [4.78, 5) is 10.9. The number of rotatable bonds is 5. The van der Waals surface area contributed by atoms with E-state index in [1.807, 2.05) is 0 Å². The van der Waals surface area contributed by atoms with E-state index in [1.165, 1.54) is 32.8 Å². The van der Waals surface area contributed by atoms with Crippen molar-refractivity contribution in [1.29, 1.82) is 0 Å². The summed E-state index contributed by atoms with van der Waals surface area (Å²) in [6.07, 6.45) is 7.67. The van der Waals surface area contributed by atoms with Crippen LogP contribution >= 0.6 is 0 Å². The molecule has 1 aliphatic carbocycles. The Hall–Kier alpha value is -0.570. The third kappa shape index (κ3) is 4.09. The molecule has 0 heterocycles. The number of methoxy groups -OCH3 is 1. The average molecular weight is 199 g/mol. The van der Waals surface area contributed by atoms with E-state index < -0.39 is 0 Å². The van der Waals surface area contributed by atoms with Gasteiger partial charge in [-0.15, -0.1) is 0 Å². The van der Waals surface area contributed by atoms with Crippen LogP contribution in [0.5, 0.6) is 0 Å². The van der Waals surface area contributed by atoms with Gasteiger partial charge in [-0.1, -0.05) is 25.7 Å². The zero-order valence-electron chi connectivity index (χ0n) is 9.00. The second kappa shape index (κ2) is 6.02. The second-order valence-corrected chi connectivity index (χ2v) is 4.26. The van der Waals surface area contributed by atoms with Crippen LogP contribution in [-0.2, 0) is 9.53 Å². The van der Waals surface area contributed by atoms with E-state index in [4.69, 9.17) is 5.73 Å². The summed E-state index contributed by atoms with van der Waals surface area (Å²) in [5.41, 5.74) is 5.95. The lowest BCUT2D eigenvalue weighted by Crippen LogP contribution is -2.24. The van der Waals surface area contributed by atoms with Gasteiger partial charge in [0.25, 0.3) is 0 Å². The van der Waals surface area contributed by atoms with Crippen molar-refractivity contribution in [2.24, 2.45) is 11.7 Å². The minimum absolute atomic E-state index is 0.146. The van der Waals surface area contributed by atoms with Crippen LogP contribution in [0.2, 0.25) is 0 Å². The molecule has 3 nitrogen and oxygen atoms in total. The standard InChI is InChI=1S/C11H21NO2/c1-14-11(13)7-6-10(12)8-9-4-2-3-5-9/h9-10H,2-8,12H2,1H3. The molecule has 0 aliphatic heterocycles. The molecule has 2 N–H and O–H groups in total. The van der Waals surface area contributed by atoms with Crippen LogP contribution in [0.1, 0.15) is 44.9 Å². The topological polar surface area (TPSA) is 52.3 Å². The van der Waals surface area contributed by atoms with Crippen LogP contribution < -0.4 is 5.73 Å². The lowest BCUT2D eigenvalue weighted by molar-refractivity contribution is -0.140. The van der Waals surface area contributed by atoms with Gasteiger partial charge in [0, 0.05) is 12.5 Å². The first-order valence-electron chi connectivity index (χ1n) is 5.54. The molecule has 1 unspecified atom stereocenters. The summed E-state index contributed by atoms with van der Waals surface area (Å²) >= 11 is 0. The summed E-state index contributed by atoms with van der Waals surface area (Å²) < 4.78 is 4.58. The molecule has 1 fully saturated rings. The molecule has 1 atom stereocenters. The molecule has 0 bridgehead atoms. The molecule has 0 amide bonds. The molecule has 0 aromatic heterocycles. The largest absolute Gasteiger partial charge is 0.469 e. The average Bonchev–Trinajstić information content (AvgIpc) is 2.66. The van der Waals surface area contributed by atoms with Crippen molar-refractivity contribution in [1.82, 2.24) is 0 Å². The van der Waals surface area contributed by atoms with Crippen LogP contribution in [0.3, 0.4) is 0 Å². The van der Waals surface area contributed by atoms with Gasteiger partial charge >= 0.3 is 5.97 Å². The van der Waals surface area contributed by atoms with E-state index in [-0.39, 0.29) is 12.0 Å². The van der Waals surface area contributed by atoms with Gasteiger partial charge in [-0.2, -0.15) is 0 Å². The Labute approximate surface area is 86.0 Å². The first-order valence-corrected chi connectivity index (χ1v) is 5.54. The quantitative estimate of drug-likeness (QED) is 0.687. The fraction of sp³-hybridized carbons (Fsp3) is 0.909. The van der Waals surface area contributed by atoms with Gasteiger partial charge in [0.05, 0.1) is 7.11 Å². The van der Waals surface area contributed by atoms with E-state index >= 15 is 0 Å². The third-order valence-electron chi connectivity index (χ3n) is 3.06. The van der Waals surface area contributed by atoms with E-state index in [9.17, 15) is 4.79 Å². The number of carbonyl (C=O) groups is 1. The van der Waals surface area contributed by atoms with Gasteiger partial charge in [-0.25, -0.2) is 0 Å². The summed E-state index contributed by atoms with van der Waals surface area (Å²) in [5, 5.41) is 0. The lowest BCUT2D eigenvalue weighted by Gasteiger charge is -2.15. The zero-order valence-corrected chi connectivity index (χ0v) is 9.00. The van der Waals surface area contributed by atoms with Crippen molar-refractivity contribution in [2.45, 2.75) is 51.0 Å². The molecule has 0 spiro atoms. The number of ether oxygens (including phenoxy) is 1. The predicted molar refractivity (Wildman–Crippen MR) is 55.8 cm³/mol. The molecule has 0 aromatic carbocycles. The molecule has 82 valence electrons. The summed E-state index contributed by atoms with van der Waals surface area (Å²) in [5.74, 6) is 0.662. The molecule has 0 aromatic rings. The molecule has 3 heteroatoms. The summed E-state index contributed by atoms with van der Waals surface area (Å²) in [6.45, 7) is 0. The molecule has 1 saturated carbocycles. The van der Waals surface area contributed by atoms with Crippen molar-refractivity contribution >= 4 is 5.97 Å². The minimum Gasteiger partial charge on any atom is -0.469 e. The number of carbonyl (C=O) groups excluding carboxylic acids is 1. The Morgan fingerprint density at radius 1 is 1.50 bits per heavy atom. The first-order chi connectivity index (χ1) is 6.72. The number of esters is 1. The summed E-state index contributed by atoms with van der Waals surface area (Å²) in [7, 11) is 1.42. The Kier molecular flexibility index (Phi) is 4.94. The maximum atomic E-state index is 10.9. The van der Waals surface area contributed by atoms with Crippen LogP contribution in [0, 0.1) is 5.92 Å². The zero-order chi connectivity index (χ0) is 10.4. The Bertz CT molecular complexity index is 176. The predicted octanol–water partition coefficient (Wildman–Crippen LogP) is 1.85. The number of nitrogens with two attached hydrogens (primary N) is 1. The molecular weight excluding hydrogens is 178 g/mol. The van der Waals surface area contributed by atoms with Gasteiger partial charge in [0.15, 0.2) is 0 Å². The van der Waals surface area contributed by atoms with E-state index in [2.05, 4.69) is 4.74 Å². The van der Waals surface area contributed by atoms with Gasteiger partial charge in [0.2, 0.25) is 0 Å². The van der Waals surface area contributed by atoms with Crippen LogP contribution in [-0.4, -0.2) is 19.1 Å². The van der Waals surface area contributed by atoms with Gasteiger partial charge in [-0.05, 0) is 18.8 Å². The van der Waals surface area contributed by atoms with E-state index in [0.29, 0.717) is 6.42 Å². The number of hydrogen-bond acceptors (Lipinski definition) is 3. The van der Waals surface area contributed by atoms with Gasteiger partial charge in [0.1, 0.15) is 0 Å². The minimum atomic E-state index is -0.146.